The van der Waals surface area contributed by atoms with Crippen LogP contribution in [0.5, 0.6) is 0 Å². The highest BCUT2D eigenvalue weighted by Gasteiger charge is 2.31. The summed E-state index contributed by atoms with van der Waals surface area (Å²) in [7, 11) is 0. The minimum Gasteiger partial charge on any atom is -0.372 e. The van der Waals surface area contributed by atoms with Crippen molar-refractivity contribution < 1.29 is 4.74 Å². The predicted molar refractivity (Wildman–Crippen MR) is 140 cm³/mol. The second kappa shape index (κ2) is 11.0. The van der Waals surface area contributed by atoms with Gasteiger partial charge in [0.2, 0.25) is 0 Å². The summed E-state index contributed by atoms with van der Waals surface area (Å²) >= 11 is 0. The topological polar surface area (TPSA) is 19.0 Å². The zero-order chi connectivity index (χ0) is 22.0. The maximum atomic E-state index is 6.00. The van der Waals surface area contributed by atoms with Gasteiger partial charge < -0.3 is 14.5 Å². The first-order valence-corrected chi connectivity index (χ1v) is 12.9. The molecule has 1 aromatic carbocycles. The highest BCUT2D eigenvalue weighted by molar-refractivity contribution is 5.85. The van der Waals surface area contributed by atoms with Gasteiger partial charge in [-0.1, -0.05) is 20.8 Å². The van der Waals surface area contributed by atoms with Crippen molar-refractivity contribution in [3.05, 3.63) is 23.8 Å². The first-order valence-electron chi connectivity index (χ1n) is 12.9. The molecule has 3 aliphatic rings. The average molecular weight is 464 g/mol. The number of anilines is 2. The average Bonchev–Trinajstić information content (AvgIpc) is 2.74. The minimum absolute atomic E-state index is 0. The number of rotatable bonds is 5. The number of benzene rings is 1. The zero-order valence-electron chi connectivity index (χ0n) is 21.1. The zero-order valence-corrected chi connectivity index (χ0v) is 21.9. The smallest absolute Gasteiger partial charge is 0.0726 e. The van der Waals surface area contributed by atoms with Gasteiger partial charge in [-0.05, 0) is 87.6 Å². The summed E-state index contributed by atoms with van der Waals surface area (Å²) in [6.07, 6.45) is 7.20. The van der Waals surface area contributed by atoms with E-state index in [9.17, 15) is 0 Å². The summed E-state index contributed by atoms with van der Waals surface area (Å²) in [6, 6.07) is 7.39. The third kappa shape index (κ3) is 6.12. The largest absolute Gasteiger partial charge is 0.372 e. The van der Waals surface area contributed by atoms with Gasteiger partial charge in [0, 0.05) is 50.6 Å². The van der Waals surface area contributed by atoms with E-state index in [0.29, 0.717) is 23.5 Å². The van der Waals surface area contributed by atoms with Crippen LogP contribution in [0.3, 0.4) is 0 Å². The van der Waals surface area contributed by atoms with E-state index in [2.05, 4.69) is 67.5 Å². The van der Waals surface area contributed by atoms with Gasteiger partial charge in [-0.2, -0.15) is 0 Å². The molecule has 1 saturated carbocycles. The van der Waals surface area contributed by atoms with E-state index in [4.69, 9.17) is 4.74 Å². The quantitative estimate of drug-likeness (QED) is 0.537. The first-order chi connectivity index (χ1) is 14.8. The van der Waals surface area contributed by atoms with Gasteiger partial charge in [0.05, 0.1) is 12.2 Å². The van der Waals surface area contributed by atoms with Crippen molar-refractivity contribution >= 4 is 23.8 Å². The molecule has 3 fully saturated rings. The maximum Gasteiger partial charge on any atom is 0.0726 e. The van der Waals surface area contributed by atoms with Gasteiger partial charge >= 0.3 is 0 Å². The summed E-state index contributed by atoms with van der Waals surface area (Å²) in [5, 5.41) is 0. The van der Waals surface area contributed by atoms with E-state index >= 15 is 0 Å². The van der Waals surface area contributed by atoms with Crippen LogP contribution < -0.4 is 9.80 Å². The van der Waals surface area contributed by atoms with Crippen molar-refractivity contribution in [3.8, 4) is 0 Å². The van der Waals surface area contributed by atoms with Crippen LogP contribution in [0.15, 0.2) is 18.2 Å². The van der Waals surface area contributed by atoms with Gasteiger partial charge in [0.25, 0.3) is 0 Å². The van der Waals surface area contributed by atoms with Crippen LogP contribution in [0.1, 0.15) is 78.2 Å². The lowest BCUT2D eigenvalue weighted by Crippen LogP contribution is -2.47. The van der Waals surface area contributed by atoms with Crippen molar-refractivity contribution in [3.63, 3.8) is 0 Å². The second-order valence-electron chi connectivity index (χ2n) is 11.2. The second-order valence-corrected chi connectivity index (χ2v) is 11.2. The molecule has 2 unspecified atom stereocenters. The molecule has 0 bridgehead atoms. The lowest BCUT2D eigenvalue weighted by molar-refractivity contribution is -0.00522. The fraction of sp³-hybridized carbons (Fsp3) is 0.778. The standard InChI is InChI=1S/C27H45N3O.ClH/c1-6-13-28-14-16-29(17-15-28)26-8-7-24(30-19-21(2)31-22(3)20-30)18-25(26)23-9-11-27(4,5)12-10-23;/h7-8,18,21-23H,6,9-17,19-20H2,1-5H3;1H. The Labute approximate surface area is 203 Å². The number of hydrogen-bond donors (Lipinski definition) is 0. The van der Waals surface area contributed by atoms with E-state index in [1.54, 1.807) is 5.56 Å². The lowest BCUT2D eigenvalue weighted by Gasteiger charge is -2.41. The summed E-state index contributed by atoms with van der Waals surface area (Å²) in [5.74, 6) is 0.701. The Hall–Kier alpha value is -0.970. The minimum atomic E-state index is 0. The fourth-order valence-corrected chi connectivity index (χ4v) is 5.98. The molecule has 0 spiro atoms. The number of piperazine rings is 1. The summed E-state index contributed by atoms with van der Waals surface area (Å²) in [4.78, 5) is 7.86. The van der Waals surface area contributed by atoms with Gasteiger partial charge in [0.15, 0.2) is 0 Å². The third-order valence-corrected chi connectivity index (χ3v) is 7.83. The van der Waals surface area contributed by atoms with Crippen LogP contribution in [-0.2, 0) is 4.74 Å². The molecule has 2 heterocycles. The molecular weight excluding hydrogens is 418 g/mol. The number of ether oxygens (including phenoxy) is 1. The Morgan fingerprint density at radius 1 is 0.938 bits per heavy atom. The molecule has 4 nitrogen and oxygen atoms in total. The van der Waals surface area contributed by atoms with E-state index in [1.165, 1.54) is 63.1 Å². The van der Waals surface area contributed by atoms with Crippen LogP contribution in [0.25, 0.3) is 0 Å². The first kappa shape index (κ1) is 25.6. The number of halogens is 1. The van der Waals surface area contributed by atoms with Crippen LogP contribution in [0.4, 0.5) is 11.4 Å². The number of hydrogen-bond acceptors (Lipinski definition) is 4. The summed E-state index contributed by atoms with van der Waals surface area (Å²) < 4.78 is 6.00. The Morgan fingerprint density at radius 3 is 2.16 bits per heavy atom. The van der Waals surface area contributed by atoms with Crippen molar-refractivity contribution in [1.82, 2.24) is 4.90 Å². The van der Waals surface area contributed by atoms with Crippen LogP contribution in [-0.4, -0.2) is 62.9 Å². The monoisotopic (exact) mass is 463 g/mol. The Morgan fingerprint density at radius 2 is 1.56 bits per heavy atom. The highest BCUT2D eigenvalue weighted by atomic mass is 35.5. The SMILES string of the molecule is CCCN1CCN(c2ccc(N3CC(C)OC(C)C3)cc2C2CCC(C)(C)CC2)CC1.Cl. The predicted octanol–water partition coefficient (Wildman–Crippen LogP) is 5.94. The summed E-state index contributed by atoms with van der Waals surface area (Å²) in [6.45, 7) is 19.6. The van der Waals surface area contributed by atoms with Crippen LogP contribution in [0.2, 0.25) is 0 Å². The van der Waals surface area contributed by atoms with Crippen molar-refractivity contribution in [2.45, 2.75) is 84.8 Å². The third-order valence-electron chi connectivity index (χ3n) is 7.83. The van der Waals surface area contributed by atoms with Gasteiger partial charge in [0.1, 0.15) is 0 Å². The van der Waals surface area contributed by atoms with Crippen molar-refractivity contribution in [1.29, 1.82) is 0 Å². The molecule has 2 atom stereocenters. The van der Waals surface area contributed by atoms with Crippen molar-refractivity contribution in [2.75, 3.05) is 55.6 Å². The van der Waals surface area contributed by atoms with Gasteiger partial charge in [-0.25, -0.2) is 0 Å². The maximum absolute atomic E-state index is 6.00. The fourth-order valence-electron chi connectivity index (χ4n) is 5.98. The molecule has 0 amide bonds. The van der Waals surface area contributed by atoms with E-state index in [1.807, 2.05) is 0 Å². The highest BCUT2D eigenvalue weighted by Crippen LogP contribution is 2.45. The molecule has 182 valence electrons. The Bertz CT molecular complexity index is 712. The van der Waals surface area contributed by atoms with Gasteiger partial charge in [-0.15, -0.1) is 12.4 Å². The molecular formula is C27H46ClN3O. The van der Waals surface area contributed by atoms with E-state index < -0.39 is 0 Å². The molecule has 0 aromatic heterocycles. The Balaban J connectivity index is 0.00000289. The molecule has 1 aromatic rings. The lowest BCUT2D eigenvalue weighted by atomic mass is 9.71. The normalized spacial score (nSPS) is 27.3. The number of morpholine rings is 1. The molecule has 5 heteroatoms. The molecule has 4 rings (SSSR count). The summed E-state index contributed by atoms with van der Waals surface area (Å²) in [5.41, 5.74) is 5.03. The molecule has 0 radical (unpaired) electrons. The number of nitrogens with zero attached hydrogens (tertiary/aromatic N) is 3. The molecule has 1 aliphatic carbocycles. The van der Waals surface area contributed by atoms with E-state index in [-0.39, 0.29) is 12.4 Å². The molecule has 2 saturated heterocycles. The Kier molecular flexibility index (Phi) is 8.79. The molecule has 0 N–H and O–H groups in total. The van der Waals surface area contributed by atoms with E-state index in [0.717, 1.165) is 26.2 Å². The van der Waals surface area contributed by atoms with Crippen LogP contribution in [0, 0.1) is 5.41 Å². The van der Waals surface area contributed by atoms with Crippen LogP contribution >= 0.6 is 12.4 Å². The van der Waals surface area contributed by atoms with Gasteiger partial charge in [-0.3, -0.25) is 4.90 Å². The molecule has 32 heavy (non-hydrogen) atoms. The molecule has 2 aliphatic heterocycles. The van der Waals surface area contributed by atoms with Crippen molar-refractivity contribution in [2.24, 2.45) is 5.41 Å².